The Kier molecular flexibility index (Phi) is 3.93. The van der Waals surface area contributed by atoms with E-state index in [4.69, 9.17) is 5.11 Å². The molecule has 8 heteroatoms. The standard InChI is InChI=1S/C11H15N3O5/c1-11(2,3)14(5-7(15)16)9(18)6-4-12-10(19)13-8(6)17/h4H,5H2,1-3H3,(H,15,16)(H2,12,13,17,19). The van der Waals surface area contributed by atoms with Gasteiger partial charge in [-0.2, -0.15) is 0 Å². The van der Waals surface area contributed by atoms with Crippen molar-refractivity contribution in [3.8, 4) is 0 Å². The minimum atomic E-state index is -1.19. The lowest BCUT2D eigenvalue weighted by molar-refractivity contribution is -0.138. The number of carboxylic acids is 1. The number of H-pyrrole nitrogens is 2. The largest absolute Gasteiger partial charge is 0.480 e. The van der Waals surface area contributed by atoms with E-state index in [1.165, 1.54) is 0 Å². The topological polar surface area (TPSA) is 123 Å². The van der Waals surface area contributed by atoms with Crippen molar-refractivity contribution >= 4 is 11.9 Å². The van der Waals surface area contributed by atoms with Gasteiger partial charge in [0, 0.05) is 11.7 Å². The fraction of sp³-hybridized carbons (Fsp3) is 0.455. The number of nitrogens with one attached hydrogen (secondary N) is 2. The van der Waals surface area contributed by atoms with E-state index in [-0.39, 0.29) is 5.56 Å². The van der Waals surface area contributed by atoms with Gasteiger partial charge in [-0.3, -0.25) is 19.4 Å². The molecule has 0 atom stereocenters. The first-order valence-electron chi connectivity index (χ1n) is 5.48. The molecule has 1 amide bonds. The lowest BCUT2D eigenvalue weighted by atomic mass is 10.0. The molecule has 0 bridgehead atoms. The average molecular weight is 269 g/mol. The first-order chi connectivity index (χ1) is 8.62. The van der Waals surface area contributed by atoms with Crippen molar-refractivity contribution in [3.05, 3.63) is 32.6 Å². The van der Waals surface area contributed by atoms with Crippen LogP contribution in [0.15, 0.2) is 15.8 Å². The Balaban J connectivity index is 3.23. The van der Waals surface area contributed by atoms with E-state index in [2.05, 4.69) is 4.98 Å². The second-order valence-corrected chi connectivity index (χ2v) is 4.94. The molecule has 0 aliphatic heterocycles. The summed E-state index contributed by atoms with van der Waals surface area (Å²) in [6.07, 6.45) is 0.976. The molecule has 0 radical (unpaired) electrons. The molecule has 8 nitrogen and oxygen atoms in total. The van der Waals surface area contributed by atoms with E-state index in [1.807, 2.05) is 4.98 Å². The quantitative estimate of drug-likeness (QED) is 0.675. The van der Waals surface area contributed by atoms with E-state index < -0.39 is 35.2 Å². The van der Waals surface area contributed by atoms with E-state index in [9.17, 15) is 19.2 Å². The van der Waals surface area contributed by atoms with Crippen molar-refractivity contribution in [1.29, 1.82) is 0 Å². The molecule has 0 fully saturated rings. The molecule has 1 aromatic heterocycles. The first-order valence-corrected chi connectivity index (χ1v) is 5.48. The summed E-state index contributed by atoms with van der Waals surface area (Å²) in [6.45, 7) is 4.40. The highest BCUT2D eigenvalue weighted by atomic mass is 16.4. The number of amides is 1. The van der Waals surface area contributed by atoms with Crippen LogP contribution in [-0.2, 0) is 4.79 Å². The van der Waals surface area contributed by atoms with Gasteiger partial charge in [0.05, 0.1) is 0 Å². The molecule has 104 valence electrons. The van der Waals surface area contributed by atoms with Gasteiger partial charge in [-0.1, -0.05) is 0 Å². The number of aromatic nitrogens is 2. The fourth-order valence-electron chi connectivity index (χ4n) is 1.46. The van der Waals surface area contributed by atoms with E-state index >= 15 is 0 Å². The van der Waals surface area contributed by atoms with Gasteiger partial charge < -0.3 is 15.0 Å². The van der Waals surface area contributed by atoms with Crippen LogP contribution in [0.1, 0.15) is 31.1 Å². The second-order valence-electron chi connectivity index (χ2n) is 4.94. The molecule has 1 heterocycles. The number of carbonyl (C=O) groups excluding carboxylic acids is 1. The van der Waals surface area contributed by atoms with E-state index in [0.29, 0.717) is 0 Å². The number of rotatable bonds is 3. The van der Waals surface area contributed by atoms with Gasteiger partial charge in [-0.25, -0.2) is 4.79 Å². The van der Waals surface area contributed by atoms with Crippen LogP contribution in [0.25, 0.3) is 0 Å². The van der Waals surface area contributed by atoms with Gasteiger partial charge in [0.25, 0.3) is 11.5 Å². The maximum atomic E-state index is 12.2. The third-order valence-electron chi connectivity index (χ3n) is 2.40. The number of carbonyl (C=O) groups is 2. The van der Waals surface area contributed by atoms with Crippen LogP contribution < -0.4 is 11.2 Å². The smallest absolute Gasteiger partial charge is 0.325 e. The van der Waals surface area contributed by atoms with Crippen molar-refractivity contribution in [1.82, 2.24) is 14.9 Å². The van der Waals surface area contributed by atoms with Crippen LogP contribution in [0.3, 0.4) is 0 Å². The number of hydrogen-bond acceptors (Lipinski definition) is 4. The first kappa shape index (κ1) is 14.7. The van der Waals surface area contributed by atoms with Gasteiger partial charge in [0.1, 0.15) is 12.1 Å². The second kappa shape index (κ2) is 5.09. The minimum Gasteiger partial charge on any atom is -0.480 e. The van der Waals surface area contributed by atoms with Crippen LogP contribution in [0, 0.1) is 0 Å². The molecule has 19 heavy (non-hydrogen) atoms. The summed E-state index contributed by atoms with van der Waals surface area (Å²) in [6, 6.07) is 0. The van der Waals surface area contributed by atoms with Crippen molar-refractivity contribution in [3.63, 3.8) is 0 Å². The van der Waals surface area contributed by atoms with Crippen LogP contribution in [0.5, 0.6) is 0 Å². The molecule has 0 aliphatic rings. The SMILES string of the molecule is CC(C)(C)N(CC(=O)O)C(=O)c1c[nH]c(=O)[nH]c1=O. The number of nitrogens with zero attached hydrogens (tertiary/aromatic N) is 1. The third kappa shape index (κ3) is 3.54. The Morgan fingerprint density at radius 2 is 1.89 bits per heavy atom. The highest BCUT2D eigenvalue weighted by Crippen LogP contribution is 2.15. The summed E-state index contributed by atoms with van der Waals surface area (Å²) in [7, 11) is 0. The Hall–Kier alpha value is -2.38. The van der Waals surface area contributed by atoms with E-state index in [1.54, 1.807) is 20.8 Å². The lowest BCUT2D eigenvalue weighted by Crippen LogP contribution is -2.49. The van der Waals surface area contributed by atoms with Crippen LogP contribution in [-0.4, -0.2) is 43.9 Å². The molecule has 0 spiro atoms. The minimum absolute atomic E-state index is 0.309. The Morgan fingerprint density at radius 1 is 1.32 bits per heavy atom. The fourth-order valence-corrected chi connectivity index (χ4v) is 1.46. The summed E-state index contributed by atoms with van der Waals surface area (Å²) >= 11 is 0. The summed E-state index contributed by atoms with van der Waals surface area (Å²) < 4.78 is 0. The summed E-state index contributed by atoms with van der Waals surface area (Å²) in [5.41, 5.74) is -2.68. The molecular weight excluding hydrogens is 254 g/mol. The molecule has 3 N–H and O–H groups in total. The van der Waals surface area contributed by atoms with Gasteiger partial charge >= 0.3 is 11.7 Å². The Morgan fingerprint density at radius 3 is 2.32 bits per heavy atom. The molecule has 1 aromatic rings. The maximum absolute atomic E-state index is 12.2. The maximum Gasteiger partial charge on any atom is 0.325 e. The summed E-state index contributed by atoms with van der Waals surface area (Å²) in [4.78, 5) is 50.5. The highest BCUT2D eigenvalue weighted by Gasteiger charge is 2.30. The van der Waals surface area contributed by atoms with Crippen molar-refractivity contribution in [2.75, 3.05) is 6.54 Å². The molecule has 0 unspecified atom stereocenters. The van der Waals surface area contributed by atoms with Crippen molar-refractivity contribution < 1.29 is 14.7 Å². The summed E-state index contributed by atoms with van der Waals surface area (Å²) in [5.74, 6) is -1.95. The molecule has 0 saturated carbocycles. The number of aromatic amines is 2. The number of aliphatic carboxylic acids is 1. The van der Waals surface area contributed by atoms with Gasteiger partial charge in [0.2, 0.25) is 0 Å². The van der Waals surface area contributed by atoms with Gasteiger partial charge in [0.15, 0.2) is 0 Å². The van der Waals surface area contributed by atoms with Crippen LogP contribution in [0.4, 0.5) is 0 Å². The highest BCUT2D eigenvalue weighted by molar-refractivity contribution is 5.95. The van der Waals surface area contributed by atoms with Crippen molar-refractivity contribution in [2.24, 2.45) is 0 Å². The average Bonchev–Trinajstić information content (AvgIpc) is 2.23. The normalized spacial score (nSPS) is 11.1. The monoisotopic (exact) mass is 269 g/mol. The van der Waals surface area contributed by atoms with Crippen molar-refractivity contribution in [2.45, 2.75) is 26.3 Å². The van der Waals surface area contributed by atoms with E-state index in [0.717, 1.165) is 11.1 Å². The number of hydrogen-bond donors (Lipinski definition) is 3. The molecule has 0 aromatic carbocycles. The van der Waals surface area contributed by atoms with Crippen LogP contribution in [0.2, 0.25) is 0 Å². The molecule has 1 rings (SSSR count). The lowest BCUT2D eigenvalue weighted by Gasteiger charge is -2.34. The Bertz CT molecular complexity index is 608. The van der Waals surface area contributed by atoms with Gasteiger partial charge in [-0.15, -0.1) is 0 Å². The molecule has 0 saturated heterocycles. The number of carboxylic acid groups (broad SMARTS) is 1. The molecular formula is C11H15N3O5. The predicted octanol–water partition coefficient (Wildman–Crippen LogP) is -0.611. The third-order valence-corrected chi connectivity index (χ3v) is 2.40. The van der Waals surface area contributed by atoms with Crippen LogP contribution >= 0.6 is 0 Å². The zero-order valence-electron chi connectivity index (χ0n) is 10.8. The molecule has 0 aliphatic carbocycles. The Labute approximate surface area is 108 Å². The predicted molar refractivity (Wildman–Crippen MR) is 66.1 cm³/mol. The zero-order chi connectivity index (χ0) is 14.8. The summed E-state index contributed by atoms with van der Waals surface area (Å²) in [5, 5.41) is 8.82. The zero-order valence-corrected chi connectivity index (χ0v) is 10.8. The van der Waals surface area contributed by atoms with Gasteiger partial charge in [-0.05, 0) is 20.8 Å².